The van der Waals surface area contributed by atoms with Gasteiger partial charge in [-0.05, 0) is 19.4 Å². The lowest BCUT2D eigenvalue weighted by Gasteiger charge is -2.22. The van der Waals surface area contributed by atoms with Crippen molar-refractivity contribution >= 4 is 11.4 Å². The van der Waals surface area contributed by atoms with E-state index < -0.39 is 11.0 Å². The van der Waals surface area contributed by atoms with Gasteiger partial charge in [-0.3, -0.25) is 10.1 Å². The maximum atomic E-state index is 10.9. The summed E-state index contributed by atoms with van der Waals surface area (Å²) in [6.45, 7) is 3.84. The van der Waals surface area contributed by atoms with Crippen molar-refractivity contribution in [1.29, 1.82) is 0 Å². The number of nitro benzene ring substituents is 1. The van der Waals surface area contributed by atoms with E-state index >= 15 is 0 Å². The minimum Gasteiger partial charge on any atom is -0.392 e. The van der Waals surface area contributed by atoms with Crippen molar-refractivity contribution in [3.05, 3.63) is 33.9 Å². The molecule has 88 valence electrons. The number of rotatable bonds is 4. The maximum Gasteiger partial charge on any atom is 0.292 e. The Kier molecular flexibility index (Phi) is 3.84. The van der Waals surface area contributed by atoms with E-state index in [0.29, 0.717) is 12.2 Å². The summed E-state index contributed by atoms with van der Waals surface area (Å²) >= 11 is 0. The number of nitrogens with zero attached hydrogens (tertiary/aromatic N) is 2. The van der Waals surface area contributed by atoms with Crippen LogP contribution >= 0.6 is 0 Å². The van der Waals surface area contributed by atoms with Gasteiger partial charge in [-0.2, -0.15) is 0 Å². The van der Waals surface area contributed by atoms with Gasteiger partial charge in [0.2, 0.25) is 0 Å². The molecular weight excluding hydrogens is 208 g/mol. The maximum absolute atomic E-state index is 10.9. The van der Waals surface area contributed by atoms with Crippen molar-refractivity contribution in [3.63, 3.8) is 0 Å². The van der Waals surface area contributed by atoms with Gasteiger partial charge in [0.1, 0.15) is 5.69 Å². The van der Waals surface area contributed by atoms with Crippen molar-refractivity contribution in [1.82, 2.24) is 0 Å². The first-order valence-corrected chi connectivity index (χ1v) is 5.06. The molecule has 1 aromatic carbocycles. The molecule has 0 aliphatic heterocycles. The number of hydrogen-bond donors (Lipinski definition) is 1. The Bertz CT molecular complexity index is 391. The van der Waals surface area contributed by atoms with Crippen LogP contribution in [0.15, 0.2) is 18.2 Å². The van der Waals surface area contributed by atoms with Crippen LogP contribution < -0.4 is 4.90 Å². The highest BCUT2D eigenvalue weighted by Crippen LogP contribution is 2.30. The number of hydrogen-bond acceptors (Lipinski definition) is 4. The third-order valence-corrected chi connectivity index (χ3v) is 2.33. The van der Waals surface area contributed by atoms with E-state index in [1.807, 2.05) is 13.0 Å². The van der Waals surface area contributed by atoms with Crippen LogP contribution in [0.4, 0.5) is 11.4 Å². The number of anilines is 1. The van der Waals surface area contributed by atoms with Gasteiger partial charge in [0.25, 0.3) is 5.69 Å². The van der Waals surface area contributed by atoms with Gasteiger partial charge in [0.15, 0.2) is 0 Å². The monoisotopic (exact) mass is 224 g/mol. The topological polar surface area (TPSA) is 66.6 Å². The van der Waals surface area contributed by atoms with Crippen LogP contribution in [0.25, 0.3) is 0 Å². The Morgan fingerprint density at radius 3 is 2.69 bits per heavy atom. The fraction of sp³-hybridized carbons (Fsp3) is 0.455. The Balaban J connectivity index is 3.14. The average Bonchev–Trinajstić information content (AvgIpc) is 2.15. The van der Waals surface area contributed by atoms with Gasteiger partial charge < -0.3 is 10.0 Å². The first-order valence-electron chi connectivity index (χ1n) is 5.06. The lowest BCUT2D eigenvalue weighted by molar-refractivity contribution is -0.384. The highest BCUT2D eigenvalue weighted by Gasteiger charge is 2.19. The number of likely N-dealkylation sites (N-methyl/N-ethyl adjacent to an activating group) is 1. The molecule has 0 aromatic heterocycles. The smallest absolute Gasteiger partial charge is 0.292 e. The van der Waals surface area contributed by atoms with Gasteiger partial charge in [0.05, 0.1) is 11.0 Å². The number of benzene rings is 1. The summed E-state index contributed by atoms with van der Waals surface area (Å²) < 4.78 is 0. The molecule has 0 aliphatic rings. The molecule has 1 unspecified atom stereocenters. The molecule has 5 heteroatoms. The zero-order valence-electron chi connectivity index (χ0n) is 9.67. The summed E-state index contributed by atoms with van der Waals surface area (Å²) in [6, 6.07) is 4.95. The van der Waals surface area contributed by atoms with E-state index in [-0.39, 0.29) is 5.69 Å². The molecule has 1 atom stereocenters. The minimum atomic E-state index is -0.524. The largest absolute Gasteiger partial charge is 0.392 e. The molecule has 0 saturated carbocycles. The summed E-state index contributed by atoms with van der Waals surface area (Å²) in [6.07, 6.45) is -0.524. The average molecular weight is 224 g/mol. The predicted molar refractivity (Wildman–Crippen MR) is 62.8 cm³/mol. The molecule has 1 rings (SSSR count). The molecule has 0 spiro atoms. The van der Waals surface area contributed by atoms with E-state index in [4.69, 9.17) is 0 Å². The van der Waals surface area contributed by atoms with Crippen molar-refractivity contribution in [3.8, 4) is 0 Å². The summed E-state index contributed by atoms with van der Waals surface area (Å²) in [5.74, 6) is 0. The molecule has 16 heavy (non-hydrogen) atoms. The van der Waals surface area contributed by atoms with Crippen LogP contribution in [0.1, 0.15) is 12.5 Å². The molecule has 0 aliphatic carbocycles. The molecule has 0 fully saturated rings. The minimum absolute atomic E-state index is 0.0724. The summed E-state index contributed by atoms with van der Waals surface area (Å²) in [5, 5.41) is 20.2. The van der Waals surface area contributed by atoms with Gasteiger partial charge in [-0.25, -0.2) is 0 Å². The molecule has 0 radical (unpaired) electrons. The second-order valence-corrected chi connectivity index (χ2v) is 3.93. The predicted octanol–water partition coefficient (Wildman–Crippen LogP) is 1.72. The van der Waals surface area contributed by atoms with E-state index in [0.717, 1.165) is 5.56 Å². The SMILES string of the molecule is Cc1cccc([N+](=O)[O-])c1N(C)CC(C)O. The number of nitro groups is 1. The van der Waals surface area contributed by atoms with Crippen LogP contribution in [0, 0.1) is 17.0 Å². The highest BCUT2D eigenvalue weighted by molar-refractivity contribution is 5.67. The van der Waals surface area contributed by atoms with Crippen molar-refractivity contribution in [2.75, 3.05) is 18.5 Å². The lowest BCUT2D eigenvalue weighted by Crippen LogP contribution is -2.28. The number of aliphatic hydroxyl groups is 1. The van der Waals surface area contributed by atoms with Crippen LogP contribution in [0.3, 0.4) is 0 Å². The second kappa shape index (κ2) is 4.94. The molecule has 0 bridgehead atoms. The van der Waals surface area contributed by atoms with Crippen LogP contribution in [0.5, 0.6) is 0 Å². The molecule has 1 aromatic rings. The molecule has 5 nitrogen and oxygen atoms in total. The normalized spacial score (nSPS) is 12.2. The van der Waals surface area contributed by atoms with Gasteiger partial charge in [0, 0.05) is 19.7 Å². The van der Waals surface area contributed by atoms with Gasteiger partial charge in [-0.15, -0.1) is 0 Å². The van der Waals surface area contributed by atoms with Crippen LogP contribution in [-0.4, -0.2) is 29.7 Å². The van der Waals surface area contributed by atoms with Crippen LogP contribution in [0.2, 0.25) is 0 Å². The quantitative estimate of drug-likeness (QED) is 0.624. The first-order chi connectivity index (χ1) is 7.43. The third kappa shape index (κ3) is 2.70. The summed E-state index contributed by atoms with van der Waals surface area (Å²) in [5.41, 5.74) is 1.47. The zero-order valence-corrected chi connectivity index (χ0v) is 9.67. The fourth-order valence-electron chi connectivity index (χ4n) is 1.78. The Labute approximate surface area is 94.5 Å². The molecule has 0 heterocycles. The zero-order chi connectivity index (χ0) is 12.3. The van der Waals surface area contributed by atoms with Crippen molar-refractivity contribution in [2.45, 2.75) is 20.0 Å². The molecule has 1 N–H and O–H groups in total. The summed E-state index contributed by atoms with van der Waals surface area (Å²) in [4.78, 5) is 12.2. The standard InChI is InChI=1S/C11H16N2O3/c1-8-5-4-6-10(13(15)16)11(8)12(3)7-9(2)14/h4-6,9,14H,7H2,1-3H3. The number of aliphatic hydroxyl groups excluding tert-OH is 1. The van der Waals surface area contributed by atoms with E-state index in [2.05, 4.69) is 0 Å². The second-order valence-electron chi connectivity index (χ2n) is 3.93. The van der Waals surface area contributed by atoms with Gasteiger partial charge >= 0.3 is 0 Å². The third-order valence-electron chi connectivity index (χ3n) is 2.33. The molecule has 0 amide bonds. The van der Waals surface area contributed by atoms with E-state index in [1.54, 1.807) is 24.9 Å². The number of aryl methyl sites for hydroxylation is 1. The van der Waals surface area contributed by atoms with Crippen molar-refractivity contribution < 1.29 is 10.0 Å². The Morgan fingerprint density at radius 1 is 1.56 bits per heavy atom. The van der Waals surface area contributed by atoms with Crippen molar-refractivity contribution in [2.24, 2.45) is 0 Å². The van der Waals surface area contributed by atoms with Crippen LogP contribution in [-0.2, 0) is 0 Å². The Morgan fingerprint density at radius 2 is 2.19 bits per heavy atom. The van der Waals surface area contributed by atoms with E-state index in [9.17, 15) is 15.2 Å². The Hall–Kier alpha value is -1.62. The highest BCUT2D eigenvalue weighted by atomic mass is 16.6. The molecular formula is C11H16N2O3. The lowest BCUT2D eigenvalue weighted by atomic mass is 10.1. The molecule has 0 saturated heterocycles. The first kappa shape index (κ1) is 12.4. The number of para-hydroxylation sites is 1. The van der Waals surface area contributed by atoms with E-state index in [1.165, 1.54) is 6.07 Å². The summed E-state index contributed by atoms with van der Waals surface area (Å²) in [7, 11) is 1.74. The fourth-order valence-corrected chi connectivity index (χ4v) is 1.78. The van der Waals surface area contributed by atoms with Gasteiger partial charge in [-0.1, -0.05) is 12.1 Å².